The van der Waals surface area contributed by atoms with E-state index >= 15 is 0 Å². The van der Waals surface area contributed by atoms with Gasteiger partial charge in [0, 0.05) is 11.3 Å². The minimum Gasteiger partial charge on any atom is -0.224 e. The first kappa shape index (κ1) is 10.4. The molecule has 2 nitrogen and oxygen atoms in total. The molecule has 0 fully saturated rings. The van der Waals surface area contributed by atoms with Crippen LogP contribution in [-0.4, -0.2) is 14.2 Å². The summed E-state index contributed by atoms with van der Waals surface area (Å²) in [5.41, 5.74) is 3.47. The molecule has 80 valence electrons. The predicted octanol–water partition coefficient (Wildman–Crippen LogP) is 2.33. The first-order chi connectivity index (χ1) is 6.98. The molecule has 1 aromatic carbocycles. The van der Waals surface area contributed by atoms with E-state index in [2.05, 4.69) is 6.07 Å². The topological polar surface area (TPSA) is 34.1 Å². The van der Waals surface area contributed by atoms with Gasteiger partial charge in [-0.2, -0.15) is 0 Å². The van der Waals surface area contributed by atoms with E-state index in [1.165, 1.54) is 11.0 Å². The lowest BCUT2D eigenvalue weighted by molar-refractivity contribution is 0.604. The minimum absolute atomic E-state index is 0.0369. The number of aryl methyl sites for hydroxylation is 2. The van der Waals surface area contributed by atoms with E-state index in [-0.39, 0.29) is 11.7 Å². The van der Waals surface area contributed by atoms with Crippen LogP contribution in [0.2, 0.25) is 0 Å². The summed E-state index contributed by atoms with van der Waals surface area (Å²) in [5.74, 6) is 0.256. The number of allylic oxidation sites excluding steroid dienone is 1. The molecule has 0 spiro atoms. The van der Waals surface area contributed by atoms with Gasteiger partial charge in [0.2, 0.25) is 0 Å². The molecule has 3 heteroatoms. The molecule has 0 saturated carbocycles. The standard InChI is InChI=1S/C12H14O2S/c1-9-3-4-10(2)12(7-9)11-5-6-15(13,14)8-11/h3-7,11H,8H2,1-2H3. The maximum Gasteiger partial charge on any atom is 0.172 e. The molecule has 2 rings (SSSR count). The van der Waals surface area contributed by atoms with Gasteiger partial charge in [-0.25, -0.2) is 8.42 Å². The van der Waals surface area contributed by atoms with Crippen LogP contribution in [0.4, 0.5) is 0 Å². The zero-order valence-electron chi connectivity index (χ0n) is 8.90. The zero-order chi connectivity index (χ0) is 11.1. The lowest BCUT2D eigenvalue weighted by Crippen LogP contribution is -2.05. The van der Waals surface area contributed by atoms with Crippen molar-refractivity contribution in [3.05, 3.63) is 46.4 Å². The van der Waals surface area contributed by atoms with Gasteiger partial charge in [-0.1, -0.05) is 29.8 Å². The van der Waals surface area contributed by atoms with Crippen LogP contribution >= 0.6 is 0 Å². The second-order valence-electron chi connectivity index (χ2n) is 4.12. The lowest BCUT2D eigenvalue weighted by Gasteiger charge is -2.11. The number of benzene rings is 1. The van der Waals surface area contributed by atoms with Gasteiger partial charge in [0.05, 0.1) is 5.75 Å². The summed E-state index contributed by atoms with van der Waals surface area (Å²) in [4.78, 5) is 0. The smallest absolute Gasteiger partial charge is 0.172 e. The van der Waals surface area contributed by atoms with Crippen LogP contribution in [0.25, 0.3) is 0 Å². The Bertz CT molecular complexity index is 512. The molecule has 15 heavy (non-hydrogen) atoms. The van der Waals surface area contributed by atoms with Crippen molar-refractivity contribution in [1.29, 1.82) is 0 Å². The highest BCUT2D eigenvalue weighted by atomic mass is 32.2. The summed E-state index contributed by atoms with van der Waals surface area (Å²) in [5, 5.41) is 1.33. The predicted molar refractivity (Wildman–Crippen MR) is 61.6 cm³/mol. The fourth-order valence-corrected chi connectivity index (χ4v) is 3.26. The van der Waals surface area contributed by atoms with Crippen molar-refractivity contribution in [2.75, 3.05) is 5.75 Å². The average molecular weight is 222 g/mol. The van der Waals surface area contributed by atoms with Gasteiger partial charge in [0.1, 0.15) is 0 Å². The number of rotatable bonds is 1. The maximum absolute atomic E-state index is 11.3. The molecule has 0 saturated heterocycles. The van der Waals surface area contributed by atoms with Gasteiger partial charge in [-0.05, 0) is 25.0 Å². The van der Waals surface area contributed by atoms with Crippen LogP contribution in [0.3, 0.4) is 0 Å². The van der Waals surface area contributed by atoms with E-state index in [0.29, 0.717) is 0 Å². The van der Waals surface area contributed by atoms with Crippen molar-refractivity contribution in [3.8, 4) is 0 Å². The van der Waals surface area contributed by atoms with Crippen LogP contribution in [0.15, 0.2) is 29.7 Å². The molecule has 0 aromatic heterocycles. The maximum atomic E-state index is 11.3. The van der Waals surface area contributed by atoms with Crippen LogP contribution in [0, 0.1) is 13.8 Å². The lowest BCUT2D eigenvalue weighted by atomic mass is 9.95. The molecule has 1 unspecified atom stereocenters. The van der Waals surface area contributed by atoms with E-state index in [4.69, 9.17) is 0 Å². The molecule has 0 bridgehead atoms. The van der Waals surface area contributed by atoms with Crippen LogP contribution < -0.4 is 0 Å². The second-order valence-corrected chi connectivity index (χ2v) is 6.06. The number of sulfone groups is 1. The molecule has 0 amide bonds. The van der Waals surface area contributed by atoms with Crippen LogP contribution in [-0.2, 0) is 9.84 Å². The first-order valence-corrected chi connectivity index (χ1v) is 6.67. The third-order valence-electron chi connectivity index (χ3n) is 2.76. The number of hydrogen-bond acceptors (Lipinski definition) is 2. The van der Waals surface area contributed by atoms with Gasteiger partial charge >= 0.3 is 0 Å². The normalized spacial score (nSPS) is 23.2. The van der Waals surface area contributed by atoms with Crippen molar-refractivity contribution < 1.29 is 8.42 Å². The Hall–Kier alpha value is -1.09. The van der Waals surface area contributed by atoms with Crippen molar-refractivity contribution in [3.63, 3.8) is 0 Å². The molecular formula is C12H14O2S. The Morgan fingerprint density at radius 2 is 2.00 bits per heavy atom. The monoisotopic (exact) mass is 222 g/mol. The zero-order valence-corrected chi connectivity index (χ0v) is 9.71. The van der Waals surface area contributed by atoms with E-state index in [9.17, 15) is 8.42 Å². The minimum atomic E-state index is -2.95. The van der Waals surface area contributed by atoms with E-state index in [1.807, 2.05) is 26.0 Å². The quantitative estimate of drug-likeness (QED) is 0.730. The van der Waals surface area contributed by atoms with Crippen LogP contribution in [0.1, 0.15) is 22.6 Å². The summed E-state index contributed by atoms with van der Waals surface area (Å²) in [6.45, 7) is 4.05. The highest BCUT2D eigenvalue weighted by Crippen LogP contribution is 2.28. The third-order valence-corrected chi connectivity index (χ3v) is 4.16. The van der Waals surface area contributed by atoms with Crippen molar-refractivity contribution in [2.24, 2.45) is 0 Å². The Morgan fingerprint density at radius 3 is 2.60 bits per heavy atom. The highest BCUT2D eigenvalue weighted by molar-refractivity contribution is 7.94. The Morgan fingerprint density at radius 1 is 1.27 bits per heavy atom. The van der Waals surface area contributed by atoms with Crippen molar-refractivity contribution in [1.82, 2.24) is 0 Å². The molecule has 1 aliphatic heterocycles. The van der Waals surface area contributed by atoms with Gasteiger partial charge in [-0.15, -0.1) is 0 Å². The fourth-order valence-electron chi connectivity index (χ4n) is 1.93. The summed E-state index contributed by atoms with van der Waals surface area (Å²) < 4.78 is 22.6. The second kappa shape index (κ2) is 3.49. The molecular weight excluding hydrogens is 208 g/mol. The van der Waals surface area contributed by atoms with Gasteiger partial charge in [-0.3, -0.25) is 0 Å². The van der Waals surface area contributed by atoms with Crippen molar-refractivity contribution in [2.45, 2.75) is 19.8 Å². The highest BCUT2D eigenvalue weighted by Gasteiger charge is 2.23. The Labute approximate surface area is 90.6 Å². The van der Waals surface area contributed by atoms with Crippen molar-refractivity contribution >= 4 is 9.84 Å². The van der Waals surface area contributed by atoms with E-state index in [0.717, 1.165) is 11.1 Å². The van der Waals surface area contributed by atoms with Gasteiger partial charge in [0.15, 0.2) is 9.84 Å². The molecule has 1 atom stereocenters. The van der Waals surface area contributed by atoms with E-state index in [1.54, 1.807) is 6.08 Å². The first-order valence-electron chi connectivity index (χ1n) is 4.96. The summed E-state index contributed by atoms with van der Waals surface area (Å²) >= 11 is 0. The Kier molecular flexibility index (Phi) is 2.43. The van der Waals surface area contributed by atoms with Gasteiger partial charge < -0.3 is 0 Å². The Balaban J connectivity index is 2.40. The van der Waals surface area contributed by atoms with Gasteiger partial charge in [0.25, 0.3) is 0 Å². The van der Waals surface area contributed by atoms with Crippen LogP contribution in [0.5, 0.6) is 0 Å². The number of hydrogen-bond donors (Lipinski definition) is 0. The average Bonchev–Trinajstić information content (AvgIpc) is 2.50. The molecule has 1 heterocycles. The molecule has 0 N–H and O–H groups in total. The van der Waals surface area contributed by atoms with E-state index < -0.39 is 9.84 Å². The summed E-state index contributed by atoms with van der Waals surface area (Å²) in [6.07, 6.45) is 1.79. The molecule has 0 aliphatic carbocycles. The summed E-state index contributed by atoms with van der Waals surface area (Å²) in [7, 11) is -2.95. The largest absolute Gasteiger partial charge is 0.224 e. The fraction of sp³-hybridized carbons (Fsp3) is 0.333. The molecule has 1 aliphatic rings. The SMILES string of the molecule is Cc1ccc(C)c(C2C=CS(=O)(=O)C2)c1. The third kappa shape index (κ3) is 2.12. The molecule has 1 aromatic rings. The summed E-state index contributed by atoms with van der Waals surface area (Å²) in [6, 6.07) is 6.17. The molecule has 0 radical (unpaired) electrons.